The van der Waals surface area contributed by atoms with E-state index in [2.05, 4.69) is 39.1 Å². The van der Waals surface area contributed by atoms with Crippen LogP contribution in [0.15, 0.2) is 23.1 Å². The van der Waals surface area contributed by atoms with Gasteiger partial charge in [-0.25, -0.2) is 4.68 Å². The van der Waals surface area contributed by atoms with Gasteiger partial charge >= 0.3 is 0 Å². The third-order valence-corrected chi connectivity index (χ3v) is 8.95. The van der Waals surface area contributed by atoms with Crippen LogP contribution in [0, 0.1) is 13.8 Å². The van der Waals surface area contributed by atoms with Gasteiger partial charge in [-0.3, -0.25) is 19.2 Å². The number of piperazine rings is 1. The normalized spacial score (nSPS) is 14.8. The van der Waals surface area contributed by atoms with Crippen molar-refractivity contribution in [1.29, 1.82) is 0 Å². The number of pyridine rings is 1. The fraction of sp³-hybridized carbons (Fsp3) is 0.444. The van der Waals surface area contributed by atoms with E-state index in [1.54, 1.807) is 21.5 Å². The van der Waals surface area contributed by atoms with Gasteiger partial charge in [-0.15, -0.1) is 5.10 Å². The number of fused-ring (bicyclic) bond motifs is 1. The highest BCUT2D eigenvalue weighted by Crippen LogP contribution is 2.33. The molecule has 4 aromatic rings. The highest BCUT2D eigenvalue weighted by Gasteiger charge is 2.35. The summed E-state index contributed by atoms with van der Waals surface area (Å²) in [5.74, 6) is 0.0412. The number of hydrogen-bond acceptors (Lipinski definition) is 6. The van der Waals surface area contributed by atoms with E-state index < -0.39 is 5.54 Å². The lowest BCUT2D eigenvalue weighted by molar-refractivity contribution is -0.133. The average molecular weight is 606 g/mol. The molecular weight excluding hydrogens is 575 g/mol. The van der Waals surface area contributed by atoms with Gasteiger partial charge in [-0.05, 0) is 51.8 Å². The summed E-state index contributed by atoms with van der Waals surface area (Å²) in [5.41, 5.74) is 3.85. The van der Waals surface area contributed by atoms with Crippen molar-refractivity contribution in [1.82, 2.24) is 39.6 Å². The van der Waals surface area contributed by atoms with Crippen LogP contribution in [0.4, 0.5) is 0 Å². The minimum Gasteiger partial charge on any atom is -0.340 e. The maximum atomic E-state index is 13.1. The molecule has 0 saturated carbocycles. The lowest BCUT2D eigenvalue weighted by Gasteiger charge is -2.43. The zero-order valence-corrected chi connectivity index (χ0v) is 25.3. The molecule has 0 aliphatic carbocycles. The van der Waals surface area contributed by atoms with Crippen molar-refractivity contribution in [3.05, 3.63) is 66.3 Å². The van der Waals surface area contributed by atoms with Crippen LogP contribution in [-0.4, -0.2) is 71.6 Å². The van der Waals surface area contributed by atoms with E-state index in [0.29, 0.717) is 64.6 Å². The first-order chi connectivity index (χ1) is 18.9. The highest BCUT2D eigenvalue weighted by atomic mass is 35.5. The van der Waals surface area contributed by atoms with Crippen LogP contribution in [0.1, 0.15) is 42.8 Å². The summed E-state index contributed by atoms with van der Waals surface area (Å²) >= 11 is 18.6. The van der Waals surface area contributed by atoms with Crippen LogP contribution in [0.2, 0.25) is 15.1 Å². The van der Waals surface area contributed by atoms with Gasteiger partial charge in [0, 0.05) is 50.6 Å². The van der Waals surface area contributed by atoms with Crippen LogP contribution in [0.25, 0.3) is 16.7 Å². The SMILES string of the molecule is Cc1nn(C)c2[nH]c(=O)c(CCC(=O)N3CCN(C(C)(C)c4cn(-c5cc(Cl)c(Cl)cc5Cl)nn4)CC3)c(C)c12. The molecule has 1 aliphatic heterocycles. The highest BCUT2D eigenvalue weighted by molar-refractivity contribution is 6.43. The van der Waals surface area contributed by atoms with Gasteiger partial charge in [0.05, 0.1) is 38.2 Å². The molecular formula is C27H31Cl3N8O2. The first-order valence-electron chi connectivity index (χ1n) is 13.0. The minimum absolute atomic E-state index is 0.0412. The molecule has 13 heteroatoms. The van der Waals surface area contributed by atoms with E-state index in [9.17, 15) is 9.59 Å². The number of aromatic nitrogens is 6. The monoisotopic (exact) mass is 604 g/mol. The van der Waals surface area contributed by atoms with Gasteiger partial charge in [-0.2, -0.15) is 5.10 Å². The number of rotatable bonds is 6. The van der Waals surface area contributed by atoms with Crippen molar-refractivity contribution in [2.75, 3.05) is 26.2 Å². The molecule has 3 aromatic heterocycles. The summed E-state index contributed by atoms with van der Waals surface area (Å²) in [6.07, 6.45) is 2.50. The number of carbonyl (C=O) groups excluding carboxylic acids is 1. The summed E-state index contributed by atoms with van der Waals surface area (Å²) in [6, 6.07) is 3.24. The van der Waals surface area contributed by atoms with Gasteiger partial charge in [0.25, 0.3) is 5.56 Å². The zero-order chi connectivity index (χ0) is 28.9. The van der Waals surface area contributed by atoms with Gasteiger partial charge in [0.1, 0.15) is 11.3 Å². The smallest absolute Gasteiger partial charge is 0.253 e. The molecule has 1 N–H and O–H groups in total. The fourth-order valence-electron chi connectivity index (χ4n) is 5.47. The Hall–Kier alpha value is -2.92. The Morgan fingerprint density at radius 1 is 1.05 bits per heavy atom. The van der Waals surface area contributed by atoms with E-state index in [-0.39, 0.29) is 17.9 Å². The third-order valence-electron chi connectivity index (χ3n) is 7.92. The summed E-state index contributed by atoms with van der Waals surface area (Å²) < 4.78 is 3.27. The average Bonchev–Trinajstić information content (AvgIpc) is 3.51. The van der Waals surface area contributed by atoms with Gasteiger partial charge in [0.15, 0.2) is 0 Å². The predicted molar refractivity (Wildman–Crippen MR) is 157 cm³/mol. The standard InChI is InChI=1S/C27H31Cl3N8O2/c1-15-17(26(40)31-25-24(15)16(2)33-35(25)5)6-7-23(39)36-8-10-37(11-9-36)27(3,4)22-14-38(34-32-22)21-13-19(29)18(28)12-20(21)30/h12-14H,6-11H2,1-5H3,(H,31,40). The number of benzene rings is 1. The van der Waals surface area contributed by atoms with E-state index in [4.69, 9.17) is 34.8 Å². The van der Waals surface area contributed by atoms with E-state index in [0.717, 1.165) is 22.3 Å². The maximum absolute atomic E-state index is 13.1. The van der Waals surface area contributed by atoms with Crippen molar-refractivity contribution in [2.24, 2.45) is 7.05 Å². The van der Waals surface area contributed by atoms with Gasteiger partial charge < -0.3 is 9.88 Å². The minimum atomic E-state index is -0.433. The molecule has 0 atom stereocenters. The van der Waals surface area contributed by atoms with Crippen molar-refractivity contribution < 1.29 is 4.79 Å². The summed E-state index contributed by atoms with van der Waals surface area (Å²) in [7, 11) is 1.81. The van der Waals surface area contributed by atoms with E-state index >= 15 is 0 Å². The Bertz CT molecular complexity index is 1660. The van der Waals surface area contributed by atoms with Crippen molar-refractivity contribution in [3.8, 4) is 5.69 Å². The lowest BCUT2D eigenvalue weighted by atomic mass is 9.97. The Labute approximate surface area is 246 Å². The molecule has 0 radical (unpaired) electrons. The number of aryl methyl sites for hydroxylation is 3. The second-order valence-electron chi connectivity index (χ2n) is 10.7. The lowest BCUT2D eigenvalue weighted by Crippen LogP contribution is -2.54. The molecule has 5 rings (SSSR count). The number of aromatic amines is 1. The summed E-state index contributed by atoms with van der Waals surface area (Å²) in [6.45, 7) is 10.6. The Balaban J connectivity index is 1.23. The van der Waals surface area contributed by atoms with Crippen molar-refractivity contribution >= 4 is 51.7 Å². The first kappa shape index (κ1) is 28.6. The van der Waals surface area contributed by atoms with Crippen LogP contribution in [-0.2, 0) is 23.8 Å². The van der Waals surface area contributed by atoms with E-state index in [1.165, 1.54) is 0 Å². The van der Waals surface area contributed by atoms with Gasteiger partial charge in [0.2, 0.25) is 5.91 Å². The van der Waals surface area contributed by atoms with Crippen LogP contribution in [0.5, 0.6) is 0 Å². The molecule has 212 valence electrons. The quantitative estimate of drug-likeness (QED) is 0.326. The van der Waals surface area contributed by atoms with Crippen LogP contribution in [0.3, 0.4) is 0 Å². The van der Waals surface area contributed by atoms with Crippen LogP contribution >= 0.6 is 34.8 Å². The summed E-state index contributed by atoms with van der Waals surface area (Å²) in [4.78, 5) is 33.0. The number of hydrogen-bond donors (Lipinski definition) is 1. The molecule has 0 spiro atoms. The molecule has 1 aliphatic rings. The predicted octanol–water partition coefficient (Wildman–Crippen LogP) is 4.43. The second kappa shape index (κ2) is 10.8. The Morgan fingerprint density at radius 3 is 2.42 bits per heavy atom. The van der Waals surface area contributed by atoms with Crippen molar-refractivity contribution in [2.45, 2.75) is 46.1 Å². The third kappa shape index (κ3) is 5.13. The second-order valence-corrected chi connectivity index (χ2v) is 11.9. The Morgan fingerprint density at radius 2 is 1.73 bits per heavy atom. The van der Waals surface area contributed by atoms with E-state index in [1.807, 2.05) is 32.0 Å². The molecule has 40 heavy (non-hydrogen) atoms. The number of amides is 1. The molecule has 1 fully saturated rings. The summed E-state index contributed by atoms with van der Waals surface area (Å²) in [5, 5.41) is 15.2. The first-order valence-corrected chi connectivity index (χ1v) is 14.2. The topological polar surface area (TPSA) is 105 Å². The number of nitrogens with one attached hydrogen (secondary N) is 1. The largest absolute Gasteiger partial charge is 0.340 e. The number of nitrogens with zero attached hydrogens (tertiary/aromatic N) is 7. The molecule has 4 heterocycles. The Kier molecular flexibility index (Phi) is 7.73. The number of carbonyl (C=O) groups is 1. The molecule has 0 bridgehead atoms. The maximum Gasteiger partial charge on any atom is 0.253 e. The molecule has 1 aromatic carbocycles. The number of H-pyrrole nitrogens is 1. The zero-order valence-electron chi connectivity index (χ0n) is 23.1. The molecule has 0 unspecified atom stereocenters. The van der Waals surface area contributed by atoms with Gasteiger partial charge in [-0.1, -0.05) is 40.0 Å². The fourth-order valence-corrected chi connectivity index (χ4v) is 6.10. The number of halogens is 3. The van der Waals surface area contributed by atoms with Crippen molar-refractivity contribution in [3.63, 3.8) is 0 Å². The molecule has 1 amide bonds. The molecule has 1 saturated heterocycles. The molecule has 10 nitrogen and oxygen atoms in total. The van der Waals surface area contributed by atoms with Crippen LogP contribution < -0.4 is 5.56 Å².